The van der Waals surface area contributed by atoms with E-state index in [1.807, 2.05) is 13.8 Å². The smallest absolute Gasteiger partial charge is 0.298 e. The summed E-state index contributed by atoms with van der Waals surface area (Å²) in [5, 5.41) is 0. The first-order valence-corrected chi connectivity index (χ1v) is 7.66. The maximum Gasteiger partial charge on any atom is 0.298 e. The third kappa shape index (κ3) is 4.90. The molecule has 0 saturated heterocycles. The molecule has 0 spiro atoms. The molecular weight excluding hydrogens is 264 g/mol. The van der Waals surface area contributed by atoms with Gasteiger partial charge in [0.1, 0.15) is 0 Å². The summed E-state index contributed by atoms with van der Waals surface area (Å²) in [4.78, 5) is 4.26. The number of amidine groups is 1. The van der Waals surface area contributed by atoms with Crippen molar-refractivity contribution in [3.8, 4) is 0 Å². The molecular formula is C13H20N2O3S. The lowest BCUT2D eigenvalue weighted by atomic mass is 10.2. The van der Waals surface area contributed by atoms with Crippen LogP contribution in [0, 0.1) is 6.92 Å². The zero-order chi connectivity index (χ0) is 14.3. The summed E-state index contributed by atoms with van der Waals surface area (Å²) in [5.74, 6) is 0. The van der Waals surface area contributed by atoms with Gasteiger partial charge in [-0.2, -0.15) is 0 Å². The lowest BCUT2D eigenvalue weighted by Gasteiger charge is -2.09. The van der Waals surface area contributed by atoms with Gasteiger partial charge in [0.15, 0.2) is 0 Å². The molecule has 1 aromatic rings. The van der Waals surface area contributed by atoms with Gasteiger partial charge >= 0.3 is 0 Å². The second kappa shape index (κ2) is 7.13. The zero-order valence-corrected chi connectivity index (χ0v) is 12.3. The monoisotopic (exact) mass is 284 g/mol. The van der Waals surface area contributed by atoms with Crippen LogP contribution in [0.3, 0.4) is 0 Å². The SMILES string of the molecule is CCCCN=C(NS(=O)(=O)c1ccc(C)cc1)OC. The van der Waals surface area contributed by atoms with Gasteiger partial charge in [0.25, 0.3) is 16.0 Å². The number of nitrogens with one attached hydrogen (secondary N) is 1. The Hall–Kier alpha value is -1.56. The topological polar surface area (TPSA) is 67.8 Å². The maximum absolute atomic E-state index is 12.1. The number of aryl methyl sites for hydroxylation is 1. The number of methoxy groups -OCH3 is 1. The third-order valence-corrected chi connectivity index (χ3v) is 3.85. The quantitative estimate of drug-likeness (QED) is 0.511. The van der Waals surface area contributed by atoms with Crippen LogP contribution in [0.2, 0.25) is 0 Å². The van der Waals surface area contributed by atoms with Crippen molar-refractivity contribution >= 4 is 16.0 Å². The summed E-state index contributed by atoms with van der Waals surface area (Å²) >= 11 is 0. The Labute approximate surface area is 114 Å². The normalized spacial score (nSPS) is 12.3. The molecule has 0 aliphatic carbocycles. The van der Waals surface area contributed by atoms with Crippen LogP contribution in [0.5, 0.6) is 0 Å². The molecule has 1 aromatic carbocycles. The number of aliphatic imine (C=N–C) groups is 1. The van der Waals surface area contributed by atoms with Crippen LogP contribution >= 0.6 is 0 Å². The molecule has 19 heavy (non-hydrogen) atoms. The number of hydrogen-bond donors (Lipinski definition) is 1. The van der Waals surface area contributed by atoms with Gasteiger partial charge in [-0.15, -0.1) is 0 Å². The first-order chi connectivity index (χ1) is 8.99. The Morgan fingerprint density at radius 3 is 2.47 bits per heavy atom. The first-order valence-electron chi connectivity index (χ1n) is 6.17. The van der Waals surface area contributed by atoms with Crippen molar-refractivity contribution in [3.63, 3.8) is 0 Å². The number of benzene rings is 1. The molecule has 0 amide bonds. The predicted molar refractivity (Wildman–Crippen MR) is 75.7 cm³/mol. The standard InChI is InChI=1S/C13H20N2O3S/c1-4-5-10-14-13(18-3)15-19(16,17)12-8-6-11(2)7-9-12/h6-9H,4-5,10H2,1-3H3,(H,14,15). The molecule has 0 aromatic heterocycles. The minimum atomic E-state index is -3.63. The van der Waals surface area contributed by atoms with E-state index in [2.05, 4.69) is 9.71 Å². The molecule has 0 atom stereocenters. The van der Waals surface area contributed by atoms with Crippen LogP contribution in [0.1, 0.15) is 25.3 Å². The maximum atomic E-state index is 12.1. The fourth-order valence-corrected chi connectivity index (χ4v) is 2.36. The molecule has 6 heteroatoms. The summed E-state index contributed by atoms with van der Waals surface area (Å²) < 4.78 is 31.4. The Morgan fingerprint density at radius 1 is 1.32 bits per heavy atom. The number of hydrogen-bond acceptors (Lipinski definition) is 4. The van der Waals surface area contributed by atoms with E-state index in [0.717, 1.165) is 18.4 Å². The number of nitrogens with zero attached hydrogens (tertiary/aromatic N) is 1. The van der Waals surface area contributed by atoms with Crippen molar-refractivity contribution in [3.05, 3.63) is 29.8 Å². The van der Waals surface area contributed by atoms with Crippen molar-refractivity contribution in [1.29, 1.82) is 0 Å². The van der Waals surface area contributed by atoms with Crippen LogP contribution in [0.4, 0.5) is 0 Å². The van der Waals surface area contributed by atoms with Crippen molar-refractivity contribution < 1.29 is 13.2 Å². The van der Waals surface area contributed by atoms with E-state index < -0.39 is 10.0 Å². The van der Waals surface area contributed by atoms with Crippen molar-refractivity contribution in [2.24, 2.45) is 4.99 Å². The van der Waals surface area contributed by atoms with E-state index in [4.69, 9.17) is 4.74 Å². The molecule has 0 saturated carbocycles. The molecule has 0 unspecified atom stereocenters. The minimum Gasteiger partial charge on any atom is -0.468 e. The molecule has 0 radical (unpaired) electrons. The van der Waals surface area contributed by atoms with Crippen molar-refractivity contribution in [2.75, 3.05) is 13.7 Å². The molecule has 0 heterocycles. The minimum absolute atomic E-state index is 0.0222. The number of ether oxygens (including phenoxy) is 1. The van der Waals surface area contributed by atoms with Crippen LogP contribution in [-0.2, 0) is 14.8 Å². The second-order valence-corrected chi connectivity index (χ2v) is 5.85. The van der Waals surface area contributed by atoms with Gasteiger partial charge in [0, 0.05) is 6.54 Å². The number of sulfonamides is 1. The second-order valence-electron chi connectivity index (χ2n) is 4.16. The van der Waals surface area contributed by atoms with E-state index in [9.17, 15) is 8.42 Å². The lowest BCUT2D eigenvalue weighted by Crippen LogP contribution is -2.32. The molecule has 0 aliphatic rings. The van der Waals surface area contributed by atoms with Crippen LogP contribution in [-0.4, -0.2) is 28.1 Å². The van der Waals surface area contributed by atoms with E-state index in [1.165, 1.54) is 7.11 Å². The Balaban J connectivity index is 2.83. The zero-order valence-electron chi connectivity index (χ0n) is 11.5. The number of rotatable bonds is 5. The predicted octanol–water partition coefficient (Wildman–Crippen LogP) is 2.08. The van der Waals surface area contributed by atoms with Crippen LogP contribution in [0.15, 0.2) is 34.2 Å². The van der Waals surface area contributed by atoms with E-state index in [1.54, 1.807) is 24.3 Å². The third-order valence-electron chi connectivity index (χ3n) is 2.51. The summed E-state index contributed by atoms with van der Waals surface area (Å²) in [6, 6.07) is 6.62. The van der Waals surface area contributed by atoms with Crippen molar-refractivity contribution in [2.45, 2.75) is 31.6 Å². The van der Waals surface area contributed by atoms with Crippen LogP contribution in [0.25, 0.3) is 0 Å². The summed E-state index contributed by atoms with van der Waals surface area (Å²) in [7, 11) is -2.24. The number of unbranched alkanes of at least 4 members (excludes halogenated alkanes) is 1. The van der Waals surface area contributed by atoms with Gasteiger partial charge in [0.2, 0.25) is 0 Å². The van der Waals surface area contributed by atoms with E-state index >= 15 is 0 Å². The fourth-order valence-electron chi connectivity index (χ4n) is 1.37. The summed E-state index contributed by atoms with van der Waals surface area (Å²) in [6.07, 6.45) is 1.88. The summed E-state index contributed by atoms with van der Waals surface area (Å²) in [6.45, 7) is 4.48. The molecule has 0 aliphatic heterocycles. The Bertz CT molecular complexity index is 521. The van der Waals surface area contributed by atoms with Crippen LogP contribution < -0.4 is 4.72 Å². The first kappa shape index (κ1) is 15.5. The van der Waals surface area contributed by atoms with Gasteiger partial charge in [-0.25, -0.2) is 18.1 Å². The molecule has 106 valence electrons. The van der Waals surface area contributed by atoms with Gasteiger partial charge < -0.3 is 4.74 Å². The highest BCUT2D eigenvalue weighted by Crippen LogP contribution is 2.09. The van der Waals surface area contributed by atoms with Crippen molar-refractivity contribution in [1.82, 2.24) is 4.72 Å². The molecule has 1 N–H and O–H groups in total. The van der Waals surface area contributed by atoms with Gasteiger partial charge in [0.05, 0.1) is 12.0 Å². The van der Waals surface area contributed by atoms with E-state index in [0.29, 0.717) is 6.54 Å². The molecule has 5 nitrogen and oxygen atoms in total. The van der Waals surface area contributed by atoms with E-state index in [-0.39, 0.29) is 10.9 Å². The summed E-state index contributed by atoms with van der Waals surface area (Å²) in [5.41, 5.74) is 1.00. The van der Waals surface area contributed by atoms with Gasteiger partial charge in [-0.1, -0.05) is 31.0 Å². The van der Waals surface area contributed by atoms with Gasteiger partial charge in [-0.05, 0) is 25.5 Å². The average Bonchev–Trinajstić information content (AvgIpc) is 2.38. The Morgan fingerprint density at radius 2 is 1.95 bits per heavy atom. The highest BCUT2D eigenvalue weighted by Gasteiger charge is 2.16. The molecule has 1 rings (SSSR count). The molecule has 0 bridgehead atoms. The largest absolute Gasteiger partial charge is 0.468 e. The van der Waals surface area contributed by atoms with Gasteiger partial charge in [-0.3, -0.25) is 0 Å². The average molecular weight is 284 g/mol. The fraction of sp³-hybridized carbons (Fsp3) is 0.462. The highest BCUT2D eigenvalue weighted by molar-refractivity contribution is 7.90. The lowest BCUT2D eigenvalue weighted by molar-refractivity contribution is 0.387. The molecule has 0 fully saturated rings. The highest BCUT2D eigenvalue weighted by atomic mass is 32.2. The Kier molecular flexibility index (Phi) is 5.82.